The summed E-state index contributed by atoms with van der Waals surface area (Å²) in [6.45, 7) is 3.46. The number of hydrogen-bond donors (Lipinski definition) is 2. The molecule has 0 spiro atoms. The van der Waals surface area contributed by atoms with E-state index in [1.807, 2.05) is 0 Å². The largest absolute Gasteiger partial charge is 0.315 e. The van der Waals surface area contributed by atoms with Crippen molar-refractivity contribution in [3.63, 3.8) is 0 Å². The Morgan fingerprint density at radius 2 is 2.45 bits per heavy atom. The quantitative estimate of drug-likeness (QED) is 0.609. The van der Waals surface area contributed by atoms with Crippen molar-refractivity contribution in [3.05, 3.63) is 0 Å². The minimum Gasteiger partial charge on any atom is -0.315 e. The molecule has 1 heterocycles. The van der Waals surface area contributed by atoms with Gasteiger partial charge in [0.1, 0.15) is 0 Å². The molecule has 0 aromatic heterocycles. The summed E-state index contributed by atoms with van der Waals surface area (Å²) in [5, 5.41) is 3.41. The van der Waals surface area contributed by atoms with Gasteiger partial charge >= 0.3 is 0 Å². The Hall–Kier alpha value is 0.270. The minimum atomic E-state index is 0.746. The second kappa shape index (κ2) is 5.01. The Morgan fingerprint density at radius 3 is 3.00 bits per heavy atom. The number of nitrogens with zero attached hydrogens (tertiary/aromatic N) is 1. The van der Waals surface area contributed by atoms with Crippen LogP contribution in [0.15, 0.2) is 0 Å². The monoisotopic (exact) mass is 174 g/mol. The second-order valence-corrected chi connectivity index (χ2v) is 3.65. The molecule has 0 amide bonds. The van der Waals surface area contributed by atoms with Crippen molar-refractivity contribution in [2.24, 2.45) is 0 Å². The van der Waals surface area contributed by atoms with Gasteiger partial charge in [-0.25, -0.2) is 0 Å². The third-order valence-corrected chi connectivity index (χ3v) is 2.55. The van der Waals surface area contributed by atoms with E-state index in [-0.39, 0.29) is 0 Å². The SMILES string of the molecule is CN(CCS)C1CCCNC1. The second-order valence-electron chi connectivity index (χ2n) is 3.20. The Kier molecular flexibility index (Phi) is 4.26. The molecule has 0 radical (unpaired) electrons. The third kappa shape index (κ3) is 3.01. The number of thiol groups is 1. The smallest absolute Gasteiger partial charge is 0.0218 e. The van der Waals surface area contributed by atoms with Gasteiger partial charge in [-0.15, -0.1) is 0 Å². The van der Waals surface area contributed by atoms with Crippen molar-refractivity contribution >= 4 is 12.6 Å². The lowest BCUT2D eigenvalue weighted by Crippen LogP contribution is -2.44. The molecule has 1 saturated heterocycles. The predicted molar refractivity (Wildman–Crippen MR) is 52.4 cm³/mol. The fraction of sp³-hybridized carbons (Fsp3) is 1.00. The highest BCUT2D eigenvalue weighted by atomic mass is 32.1. The van der Waals surface area contributed by atoms with Crippen LogP contribution in [0.3, 0.4) is 0 Å². The van der Waals surface area contributed by atoms with E-state index in [0.717, 1.165) is 24.9 Å². The predicted octanol–water partition coefficient (Wildman–Crippen LogP) is 0.600. The topological polar surface area (TPSA) is 15.3 Å². The molecule has 0 bridgehead atoms. The van der Waals surface area contributed by atoms with Crippen LogP contribution in [0, 0.1) is 0 Å². The summed E-state index contributed by atoms with van der Waals surface area (Å²) in [5.41, 5.74) is 0. The number of rotatable bonds is 3. The number of nitrogens with one attached hydrogen (secondary N) is 1. The van der Waals surface area contributed by atoms with E-state index in [4.69, 9.17) is 0 Å². The maximum Gasteiger partial charge on any atom is 0.0218 e. The summed E-state index contributed by atoms with van der Waals surface area (Å²) in [6, 6.07) is 0.746. The van der Waals surface area contributed by atoms with Crippen LogP contribution in [0.5, 0.6) is 0 Å². The fourth-order valence-electron chi connectivity index (χ4n) is 1.55. The van der Waals surface area contributed by atoms with Crippen LogP contribution in [-0.2, 0) is 0 Å². The van der Waals surface area contributed by atoms with Crippen molar-refractivity contribution in [1.82, 2.24) is 10.2 Å². The lowest BCUT2D eigenvalue weighted by atomic mass is 10.1. The van der Waals surface area contributed by atoms with Crippen molar-refractivity contribution in [2.45, 2.75) is 18.9 Å². The first-order chi connectivity index (χ1) is 5.34. The van der Waals surface area contributed by atoms with Crippen LogP contribution in [0.1, 0.15) is 12.8 Å². The molecule has 3 heteroatoms. The van der Waals surface area contributed by atoms with E-state index in [0.29, 0.717) is 0 Å². The van der Waals surface area contributed by atoms with Gasteiger partial charge in [-0.2, -0.15) is 12.6 Å². The molecule has 1 atom stereocenters. The molecular weight excluding hydrogens is 156 g/mol. The van der Waals surface area contributed by atoms with Crippen LogP contribution in [0.4, 0.5) is 0 Å². The van der Waals surface area contributed by atoms with E-state index in [1.165, 1.54) is 19.4 Å². The fourth-order valence-corrected chi connectivity index (χ4v) is 1.87. The number of likely N-dealkylation sites (N-methyl/N-ethyl adjacent to an activating group) is 1. The van der Waals surface area contributed by atoms with Gasteiger partial charge in [-0.1, -0.05) is 0 Å². The summed E-state index contributed by atoms with van der Waals surface area (Å²) < 4.78 is 0. The summed E-state index contributed by atoms with van der Waals surface area (Å²) in [5.74, 6) is 0.965. The molecule has 2 nitrogen and oxygen atoms in total. The van der Waals surface area contributed by atoms with E-state index in [1.54, 1.807) is 0 Å². The summed E-state index contributed by atoms with van der Waals surface area (Å²) in [4.78, 5) is 2.40. The summed E-state index contributed by atoms with van der Waals surface area (Å²) in [7, 11) is 2.19. The zero-order valence-corrected chi connectivity index (χ0v) is 8.11. The maximum atomic E-state index is 4.22. The first kappa shape index (κ1) is 9.36. The van der Waals surface area contributed by atoms with Gasteiger partial charge in [-0.3, -0.25) is 0 Å². The lowest BCUT2D eigenvalue weighted by molar-refractivity contribution is 0.214. The lowest BCUT2D eigenvalue weighted by Gasteiger charge is -2.31. The molecule has 0 aliphatic carbocycles. The molecule has 11 heavy (non-hydrogen) atoms. The average Bonchev–Trinajstić information content (AvgIpc) is 2.07. The standard InChI is InChI=1S/C8H18N2S/c1-10(5-6-11)8-3-2-4-9-7-8/h8-9,11H,2-7H2,1H3. The summed E-state index contributed by atoms with van der Waals surface area (Å²) >= 11 is 4.22. The maximum absolute atomic E-state index is 4.22. The van der Waals surface area contributed by atoms with Crippen LogP contribution in [0.2, 0.25) is 0 Å². The Morgan fingerprint density at radius 1 is 1.64 bits per heavy atom. The third-order valence-electron chi connectivity index (χ3n) is 2.35. The van der Waals surface area contributed by atoms with Gasteiger partial charge in [0.25, 0.3) is 0 Å². The van der Waals surface area contributed by atoms with Gasteiger partial charge in [0.05, 0.1) is 0 Å². The Bertz CT molecular complexity index is 102. The van der Waals surface area contributed by atoms with Gasteiger partial charge < -0.3 is 10.2 Å². The minimum absolute atomic E-state index is 0.746. The van der Waals surface area contributed by atoms with Crippen LogP contribution < -0.4 is 5.32 Å². The highest BCUT2D eigenvalue weighted by molar-refractivity contribution is 7.80. The molecule has 66 valence electrons. The molecule has 0 aromatic carbocycles. The Labute approximate surface area is 74.8 Å². The Balaban J connectivity index is 2.21. The van der Waals surface area contributed by atoms with Gasteiger partial charge in [0.15, 0.2) is 0 Å². The van der Waals surface area contributed by atoms with Crippen molar-refractivity contribution in [1.29, 1.82) is 0 Å². The zero-order chi connectivity index (χ0) is 8.10. The van der Waals surface area contributed by atoms with Crippen LogP contribution in [0.25, 0.3) is 0 Å². The highest BCUT2D eigenvalue weighted by Gasteiger charge is 2.16. The molecule has 1 aliphatic heterocycles. The molecule has 1 rings (SSSR count). The molecule has 1 unspecified atom stereocenters. The molecule has 0 aromatic rings. The van der Waals surface area contributed by atoms with Crippen molar-refractivity contribution in [3.8, 4) is 0 Å². The molecule has 1 aliphatic rings. The zero-order valence-electron chi connectivity index (χ0n) is 7.21. The average molecular weight is 174 g/mol. The van der Waals surface area contributed by atoms with E-state index in [9.17, 15) is 0 Å². The number of piperidine rings is 1. The normalized spacial score (nSPS) is 25.9. The number of hydrogen-bond acceptors (Lipinski definition) is 3. The van der Waals surface area contributed by atoms with E-state index in [2.05, 4.69) is 29.9 Å². The van der Waals surface area contributed by atoms with Crippen molar-refractivity contribution in [2.75, 3.05) is 32.4 Å². The highest BCUT2D eigenvalue weighted by Crippen LogP contribution is 2.07. The van der Waals surface area contributed by atoms with Crippen LogP contribution in [-0.4, -0.2) is 43.4 Å². The molecular formula is C8H18N2S. The van der Waals surface area contributed by atoms with Gasteiger partial charge in [0, 0.05) is 24.9 Å². The molecule has 1 N–H and O–H groups in total. The van der Waals surface area contributed by atoms with Gasteiger partial charge in [0.2, 0.25) is 0 Å². The molecule has 1 fully saturated rings. The van der Waals surface area contributed by atoms with Gasteiger partial charge in [-0.05, 0) is 26.4 Å². The van der Waals surface area contributed by atoms with Crippen molar-refractivity contribution < 1.29 is 0 Å². The van der Waals surface area contributed by atoms with Crippen LogP contribution >= 0.6 is 12.6 Å². The van der Waals surface area contributed by atoms with E-state index < -0.39 is 0 Å². The van der Waals surface area contributed by atoms with E-state index >= 15 is 0 Å². The summed E-state index contributed by atoms with van der Waals surface area (Å²) in [6.07, 6.45) is 2.67. The first-order valence-electron chi connectivity index (χ1n) is 4.36. The molecule has 0 saturated carbocycles. The first-order valence-corrected chi connectivity index (χ1v) is 4.99.